The first-order valence-corrected chi connectivity index (χ1v) is 9.35. The van der Waals surface area contributed by atoms with Crippen LogP contribution in [0.2, 0.25) is 0 Å². The van der Waals surface area contributed by atoms with E-state index in [1.807, 2.05) is 13.8 Å². The highest BCUT2D eigenvalue weighted by atomic mass is 16.4. The van der Waals surface area contributed by atoms with E-state index in [1.165, 1.54) is 13.8 Å². The Morgan fingerprint density at radius 3 is 1.68 bits per heavy atom. The van der Waals surface area contributed by atoms with Crippen LogP contribution in [-0.4, -0.2) is 64.2 Å². The summed E-state index contributed by atoms with van der Waals surface area (Å²) in [6, 6.07) is -4.24. The molecule has 3 amide bonds. The Labute approximate surface area is 165 Å². The van der Waals surface area contributed by atoms with Crippen molar-refractivity contribution in [2.75, 3.05) is 0 Å². The van der Waals surface area contributed by atoms with Gasteiger partial charge in [-0.15, -0.1) is 0 Å². The van der Waals surface area contributed by atoms with Crippen LogP contribution >= 0.6 is 0 Å². The van der Waals surface area contributed by atoms with Gasteiger partial charge in [0.2, 0.25) is 17.7 Å². The number of aliphatic hydroxyl groups excluding tert-OH is 1. The molecule has 0 heterocycles. The minimum atomic E-state index is -1.50. The van der Waals surface area contributed by atoms with E-state index in [0.29, 0.717) is 0 Å². The predicted molar refractivity (Wildman–Crippen MR) is 103 cm³/mol. The molecule has 0 aliphatic rings. The number of rotatable bonds is 11. The average Bonchev–Trinajstić information content (AvgIpc) is 2.54. The van der Waals surface area contributed by atoms with Crippen molar-refractivity contribution in [3.8, 4) is 0 Å². The second-order valence-electron chi connectivity index (χ2n) is 7.77. The summed E-state index contributed by atoms with van der Waals surface area (Å²) >= 11 is 0. The molecule has 0 saturated carbocycles. The lowest BCUT2D eigenvalue weighted by atomic mass is 9.99. The zero-order valence-electron chi connectivity index (χ0n) is 17.4. The molecule has 0 aromatic rings. The van der Waals surface area contributed by atoms with Crippen molar-refractivity contribution in [2.24, 2.45) is 17.6 Å². The zero-order valence-corrected chi connectivity index (χ0v) is 17.4. The van der Waals surface area contributed by atoms with Crippen LogP contribution < -0.4 is 21.7 Å². The van der Waals surface area contributed by atoms with E-state index in [0.717, 1.165) is 0 Å². The van der Waals surface area contributed by atoms with Gasteiger partial charge in [0.1, 0.15) is 12.1 Å². The van der Waals surface area contributed by atoms with Gasteiger partial charge in [0.15, 0.2) is 6.04 Å². The molecule has 0 bridgehead atoms. The fourth-order valence-corrected chi connectivity index (χ4v) is 2.43. The normalized spacial score (nSPS) is 16.6. The standard InChI is InChI=1S/C18H34N4O6/c1-8(2)7-12(16(25)22-14(11(6)23)18(27)28)20-17(26)13(9(3)4)21-15(24)10(5)19/h8-14,23H,7,19H2,1-6H3,(H,20,26)(H,21,24)(H,22,25)(H,27,28). The molecule has 0 spiro atoms. The molecule has 5 unspecified atom stereocenters. The first kappa shape index (κ1) is 25.8. The van der Waals surface area contributed by atoms with Crippen LogP contribution in [0, 0.1) is 11.8 Å². The third-order valence-electron chi connectivity index (χ3n) is 4.05. The molecule has 0 fully saturated rings. The van der Waals surface area contributed by atoms with Gasteiger partial charge in [-0.3, -0.25) is 14.4 Å². The highest BCUT2D eigenvalue weighted by Gasteiger charge is 2.32. The summed E-state index contributed by atoms with van der Waals surface area (Å²) in [4.78, 5) is 48.3. The van der Waals surface area contributed by atoms with Crippen LogP contribution in [-0.2, 0) is 19.2 Å². The molecule has 0 aliphatic carbocycles. The number of aliphatic carboxylic acids is 1. The van der Waals surface area contributed by atoms with Gasteiger partial charge in [0, 0.05) is 0 Å². The van der Waals surface area contributed by atoms with E-state index < -0.39 is 54.0 Å². The van der Waals surface area contributed by atoms with Crippen LogP contribution in [0.5, 0.6) is 0 Å². The number of nitrogens with two attached hydrogens (primary N) is 1. The zero-order chi connectivity index (χ0) is 22.2. The summed E-state index contributed by atoms with van der Waals surface area (Å²) in [5.74, 6) is -3.44. The number of carboxylic acid groups (broad SMARTS) is 1. The molecular weight excluding hydrogens is 368 g/mol. The Hall–Kier alpha value is -2.20. The maximum Gasteiger partial charge on any atom is 0.328 e. The third-order valence-corrected chi connectivity index (χ3v) is 4.05. The summed E-state index contributed by atoms with van der Waals surface area (Å²) in [5, 5.41) is 26.0. The van der Waals surface area contributed by atoms with Gasteiger partial charge in [-0.2, -0.15) is 0 Å². The number of carboxylic acids is 1. The summed E-state index contributed by atoms with van der Waals surface area (Å²) in [6.07, 6.45) is -1.07. The van der Waals surface area contributed by atoms with Crippen LogP contribution in [0.1, 0.15) is 48.0 Å². The van der Waals surface area contributed by atoms with Crippen LogP contribution in [0.25, 0.3) is 0 Å². The number of amides is 3. The van der Waals surface area contributed by atoms with Crippen molar-refractivity contribution in [1.29, 1.82) is 0 Å². The number of hydrogen-bond donors (Lipinski definition) is 6. The molecule has 0 rings (SSSR count). The molecule has 0 saturated heterocycles. The van der Waals surface area contributed by atoms with Crippen molar-refractivity contribution in [3.63, 3.8) is 0 Å². The summed E-state index contributed by atoms with van der Waals surface area (Å²) < 4.78 is 0. The van der Waals surface area contributed by atoms with Crippen LogP contribution in [0.4, 0.5) is 0 Å². The lowest BCUT2D eigenvalue weighted by molar-refractivity contribution is -0.145. The third kappa shape index (κ3) is 8.66. The van der Waals surface area contributed by atoms with E-state index in [-0.39, 0.29) is 18.3 Å². The fourth-order valence-electron chi connectivity index (χ4n) is 2.43. The highest BCUT2D eigenvalue weighted by molar-refractivity contribution is 5.94. The number of hydrogen-bond acceptors (Lipinski definition) is 6. The molecule has 0 radical (unpaired) electrons. The molecule has 10 nitrogen and oxygen atoms in total. The predicted octanol–water partition coefficient (Wildman–Crippen LogP) is -1.04. The number of nitrogens with one attached hydrogen (secondary N) is 3. The molecule has 162 valence electrons. The van der Waals surface area contributed by atoms with Gasteiger partial charge in [-0.05, 0) is 32.1 Å². The maximum atomic E-state index is 12.7. The monoisotopic (exact) mass is 402 g/mol. The maximum absolute atomic E-state index is 12.7. The molecule has 28 heavy (non-hydrogen) atoms. The van der Waals surface area contributed by atoms with Gasteiger partial charge < -0.3 is 31.9 Å². The Morgan fingerprint density at radius 1 is 0.821 bits per heavy atom. The first-order valence-electron chi connectivity index (χ1n) is 9.35. The second-order valence-corrected chi connectivity index (χ2v) is 7.77. The van der Waals surface area contributed by atoms with E-state index in [4.69, 9.17) is 10.8 Å². The molecule has 0 aromatic heterocycles. The number of carbonyl (C=O) groups excluding carboxylic acids is 3. The van der Waals surface area contributed by atoms with E-state index in [2.05, 4.69) is 16.0 Å². The number of aliphatic hydroxyl groups is 1. The topological polar surface area (TPSA) is 171 Å². The first-order chi connectivity index (χ1) is 12.8. The van der Waals surface area contributed by atoms with Crippen molar-refractivity contribution < 1.29 is 29.4 Å². The fraction of sp³-hybridized carbons (Fsp3) is 0.778. The van der Waals surface area contributed by atoms with Crippen molar-refractivity contribution in [3.05, 3.63) is 0 Å². The summed E-state index contributed by atoms with van der Waals surface area (Å²) in [7, 11) is 0. The van der Waals surface area contributed by atoms with Gasteiger partial charge in [0.05, 0.1) is 12.1 Å². The van der Waals surface area contributed by atoms with Gasteiger partial charge in [-0.25, -0.2) is 4.79 Å². The van der Waals surface area contributed by atoms with Gasteiger partial charge in [0.25, 0.3) is 0 Å². The van der Waals surface area contributed by atoms with Crippen LogP contribution in [0.3, 0.4) is 0 Å². The quantitative estimate of drug-likeness (QED) is 0.256. The molecule has 10 heteroatoms. The molecule has 0 aromatic carbocycles. The Balaban J connectivity index is 5.38. The van der Waals surface area contributed by atoms with Crippen molar-refractivity contribution >= 4 is 23.7 Å². The lowest BCUT2D eigenvalue weighted by Gasteiger charge is -2.27. The summed E-state index contributed by atoms with van der Waals surface area (Å²) in [5.41, 5.74) is 5.52. The second kappa shape index (κ2) is 11.6. The minimum absolute atomic E-state index is 0.0158. The Morgan fingerprint density at radius 2 is 1.32 bits per heavy atom. The lowest BCUT2D eigenvalue weighted by Crippen LogP contribution is -2.59. The van der Waals surface area contributed by atoms with Crippen molar-refractivity contribution in [1.82, 2.24) is 16.0 Å². The molecule has 0 aliphatic heterocycles. The van der Waals surface area contributed by atoms with E-state index in [1.54, 1.807) is 13.8 Å². The molecular formula is C18H34N4O6. The Kier molecular flexibility index (Phi) is 10.7. The van der Waals surface area contributed by atoms with Crippen molar-refractivity contribution in [2.45, 2.75) is 78.2 Å². The van der Waals surface area contributed by atoms with Gasteiger partial charge in [-0.1, -0.05) is 27.7 Å². The molecule has 7 N–H and O–H groups in total. The minimum Gasteiger partial charge on any atom is -0.480 e. The highest BCUT2D eigenvalue weighted by Crippen LogP contribution is 2.09. The molecule has 5 atom stereocenters. The van der Waals surface area contributed by atoms with E-state index >= 15 is 0 Å². The number of carbonyl (C=O) groups is 4. The Bertz CT molecular complexity index is 562. The van der Waals surface area contributed by atoms with Gasteiger partial charge >= 0.3 is 5.97 Å². The largest absolute Gasteiger partial charge is 0.480 e. The van der Waals surface area contributed by atoms with Crippen LogP contribution in [0.15, 0.2) is 0 Å². The van der Waals surface area contributed by atoms with E-state index in [9.17, 15) is 24.3 Å². The smallest absolute Gasteiger partial charge is 0.328 e. The summed E-state index contributed by atoms with van der Waals surface area (Å²) in [6.45, 7) is 9.88. The average molecular weight is 402 g/mol. The SMILES string of the molecule is CC(C)CC(NC(=O)C(NC(=O)C(C)N)C(C)C)C(=O)NC(C(=O)O)C(C)O.